The van der Waals surface area contributed by atoms with Crippen LogP contribution in [0.3, 0.4) is 0 Å². The maximum atomic E-state index is 5.98. The van der Waals surface area contributed by atoms with Crippen LogP contribution in [0.4, 0.5) is 0 Å². The maximum Gasteiger partial charge on any atom is 0.125 e. The van der Waals surface area contributed by atoms with E-state index in [1.807, 2.05) is 31.3 Å². The highest BCUT2D eigenvalue weighted by atomic mass is 79.9. The number of benzene rings is 2. The SMILES string of the molecule is CNC(C)c1ccc(Br)cc1OCc1ccc(Br)cc1. The summed E-state index contributed by atoms with van der Waals surface area (Å²) in [6.07, 6.45) is 0. The fourth-order valence-electron chi connectivity index (χ4n) is 1.89. The quantitative estimate of drug-likeness (QED) is 0.758. The lowest BCUT2D eigenvalue weighted by Crippen LogP contribution is -2.13. The third-order valence-electron chi connectivity index (χ3n) is 3.18. The lowest BCUT2D eigenvalue weighted by molar-refractivity contribution is 0.300. The summed E-state index contributed by atoms with van der Waals surface area (Å²) in [6, 6.07) is 14.6. The average molecular weight is 399 g/mol. The molecule has 0 fully saturated rings. The average Bonchev–Trinajstić information content (AvgIpc) is 2.46. The Labute approximate surface area is 136 Å². The van der Waals surface area contributed by atoms with Gasteiger partial charge in [0, 0.05) is 20.6 Å². The van der Waals surface area contributed by atoms with E-state index in [1.165, 1.54) is 0 Å². The van der Waals surface area contributed by atoms with E-state index in [0.29, 0.717) is 6.61 Å². The van der Waals surface area contributed by atoms with Gasteiger partial charge in [-0.15, -0.1) is 0 Å². The molecule has 0 aromatic heterocycles. The molecule has 0 saturated carbocycles. The Hall–Kier alpha value is -0.840. The van der Waals surface area contributed by atoms with Crippen LogP contribution in [0.1, 0.15) is 24.1 Å². The molecular weight excluding hydrogens is 382 g/mol. The van der Waals surface area contributed by atoms with Crippen molar-refractivity contribution in [3.8, 4) is 5.75 Å². The Kier molecular flexibility index (Phi) is 5.64. The van der Waals surface area contributed by atoms with Crippen molar-refractivity contribution in [1.29, 1.82) is 0 Å². The second-order valence-corrected chi connectivity index (χ2v) is 6.44. The molecule has 0 saturated heterocycles. The number of ether oxygens (including phenoxy) is 1. The number of halogens is 2. The van der Waals surface area contributed by atoms with Crippen LogP contribution in [0.25, 0.3) is 0 Å². The van der Waals surface area contributed by atoms with Crippen molar-refractivity contribution in [3.05, 3.63) is 62.5 Å². The molecule has 1 atom stereocenters. The molecule has 1 N–H and O–H groups in total. The molecule has 106 valence electrons. The minimum Gasteiger partial charge on any atom is -0.489 e. The fourth-order valence-corrected chi connectivity index (χ4v) is 2.49. The number of rotatable bonds is 5. The van der Waals surface area contributed by atoms with Gasteiger partial charge >= 0.3 is 0 Å². The van der Waals surface area contributed by atoms with Crippen LogP contribution in [-0.4, -0.2) is 7.05 Å². The monoisotopic (exact) mass is 397 g/mol. The van der Waals surface area contributed by atoms with Gasteiger partial charge in [0.15, 0.2) is 0 Å². The zero-order valence-corrected chi connectivity index (χ0v) is 14.7. The van der Waals surface area contributed by atoms with E-state index in [9.17, 15) is 0 Å². The first-order valence-corrected chi connectivity index (χ1v) is 8.02. The summed E-state index contributed by atoms with van der Waals surface area (Å²) < 4.78 is 8.08. The van der Waals surface area contributed by atoms with Gasteiger partial charge < -0.3 is 10.1 Å². The summed E-state index contributed by atoms with van der Waals surface area (Å²) in [4.78, 5) is 0. The Morgan fingerprint density at radius 2 is 1.70 bits per heavy atom. The molecule has 0 aliphatic carbocycles. The van der Waals surface area contributed by atoms with Gasteiger partial charge in [0.05, 0.1) is 0 Å². The summed E-state index contributed by atoms with van der Waals surface area (Å²) in [5, 5.41) is 3.25. The number of hydrogen-bond donors (Lipinski definition) is 1. The predicted octanol–water partition coefficient (Wildman–Crippen LogP) is 5.07. The summed E-state index contributed by atoms with van der Waals surface area (Å²) in [5.41, 5.74) is 2.31. The van der Waals surface area contributed by atoms with Crippen LogP contribution in [0.15, 0.2) is 51.4 Å². The van der Waals surface area contributed by atoms with Gasteiger partial charge in [0.25, 0.3) is 0 Å². The molecule has 4 heteroatoms. The van der Waals surface area contributed by atoms with Gasteiger partial charge in [-0.1, -0.05) is 50.1 Å². The van der Waals surface area contributed by atoms with Crippen molar-refractivity contribution < 1.29 is 4.74 Å². The molecule has 0 aliphatic rings. The summed E-state index contributed by atoms with van der Waals surface area (Å²) in [5.74, 6) is 0.907. The van der Waals surface area contributed by atoms with Gasteiger partial charge in [-0.2, -0.15) is 0 Å². The van der Waals surface area contributed by atoms with Gasteiger partial charge in [0.1, 0.15) is 12.4 Å². The summed E-state index contributed by atoms with van der Waals surface area (Å²) >= 11 is 6.93. The van der Waals surface area contributed by atoms with Gasteiger partial charge in [-0.25, -0.2) is 0 Å². The van der Waals surface area contributed by atoms with Crippen LogP contribution in [0.2, 0.25) is 0 Å². The lowest BCUT2D eigenvalue weighted by atomic mass is 10.1. The predicted molar refractivity (Wildman–Crippen MR) is 90.1 cm³/mol. The van der Waals surface area contributed by atoms with Crippen LogP contribution in [0, 0.1) is 0 Å². The molecule has 20 heavy (non-hydrogen) atoms. The molecule has 2 aromatic carbocycles. The zero-order chi connectivity index (χ0) is 14.5. The molecule has 2 aromatic rings. The Bertz CT molecular complexity index is 569. The van der Waals surface area contributed by atoms with Crippen molar-refractivity contribution in [1.82, 2.24) is 5.32 Å². The highest BCUT2D eigenvalue weighted by Gasteiger charge is 2.10. The van der Waals surface area contributed by atoms with Crippen LogP contribution >= 0.6 is 31.9 Å². The van der Waals surface area contributed by atoms with Crippen LogP contribution < -0.4 is 10.1 Å². The van der Waals surface area contributed by atoms with E-state index in [2.05, 4.69) is 62.3 Å². The van der Waals surface area contributed by atoms with Crippen molar-refractivity contribution in [2.24, 2.45) is 0 Å². The molecule has 0 heterocycles. The Balaban J connectivity index is 2.15. The van der Waals surface area contributed by atoms with Crippen LogP contribution in [0.5, 0.6) is 5.75 Å². The minimum atomic E-state index is 0.253. The second kappa shape index (κ2) is 7.25. The molecule has 0 spiro atoms. The third-order valence-corrected chi connectivity index (χ3v) is 4.20. The van der Waals surface area contributed by atoms with E-state index in [-0.39, 0.29) is 6.04 Å². The highest BCUT2D eigenvalue weighted by molar-refractivity contribution is 9.10. The third kappa shape index (κ3) is 4.08. The van der Waals surface area contributed by atoms with E-state index in [0.717, 1.165) is 25.8 Å². The highest BCUT2D eigenvalue weighted by Crippen LogP contribution is 2.29. The molecule has 0 aliphatic heterocycles. The molecule has 0 radical (unpaired) electrons. The second-order valence-electron chi connectivity index (χ2n) is 4.61. The molecule has 2 rings (SSSR count). The van der Waals surface area contributed by atoms with Gasteiger partial charge in [0.2, 0.25) is 0 Å². The number of hydrogen-bond acceptors (Lipinski definition) is 2. The summed E-state index contributed by atoms with van der Waals surface area (Å²) in [6.45, 7) is 2.68. The smallest absolute Gasteiger partial charge is 0.125 e. The van der Waals surface area contributed by atoms with E-state index in [1.54, 1.807) is 0 Å². The van der Waals surface area contributed by atoms with E-state index in [4.69, 9.17) is 4.74 Å². The van der Waals surface area contributed by atoms with Crippen molar-refractivity contribution in [2.75, 3.05) is 7.05 Å². The fraction of sp³-hybridized carbons (Fsp3) is 0.250. The minimum absolute atomic E-state index is 0.253. The lowest BCUT2D eigenvalue weighted by Gasteiger charge is -2.17. The topological polar surface area (TPSA) is 21.3 Å². The normalized spacial score (nSPS) is 12.2. The number of nitrogens with one attached hydrogen (secondary N) is 1. The zero-order valence-electron chi connectivity index (χ0n) is 11.5. The first kappa shape index (κ1) is 15.5. The molecule has 1 unspecified atom stereocenters. The standard InChI is InChI=1S/C16H17Br2NO/c1-11(19-2)15-8-7-14(18)9-16(15)20-10-12-3-5-13(17)6-4-12/h3-9,11,19H,10H2,1-2H3. The van der Waals surface area contributed by atoms with Crippen molar-refractivity contribution >= 4 is 31.9 Å². The van der Waals surface area contributed by atoms with Crippen molar-refractivity contribution in [3.63, 3.8) is 0 Å². The van der Waals surface area contributed by atoms with E-state index < -0.39 is 0 Å². The van der Waals surface area contributed by atoms with Crippen molar-refractivity contribution in [2.45, 2.75) is 19.6 Å². The van der Waals surface area contributed by atoms with Crippen LogP contribution in [-0.2, 0) is 6.61 Å². The molecular formula is C16H17Br2NO. The molecule has 2 nitrogen and oxygen atoms in total. The molecule has 0 bridgehead atoms. The maximum absolute atomic E-state index is 5.98. The molecule has 0 amide bonds. The first-order valence-electron chi connectivity index (χ1n) is 6.44. The Morgan fingerprint density at radius 1 is 1.05 bits per heavy atom. The van der Waals surface area contributed by atoms with E-state index >= 15 is 0 Å². The Morgan fingerprint density at radius 3 is 2.35 bits per heavy atom. The first-order chi connectivity index (χ1) is 9.60. The van der Waals surface area contributed by atoms with Gasteiger partial charge in [-0.05, 0) is 43.8 Å². The summed E-state index contributed by atoms with van der Waals surface area (Å²) in [7, 11) is 1.95. The van der Waals surface area contributed by atoms with Gasteiger partial charge in [-0.3, -0.25) is 0 Å². The largest absolute Gasteiger partial charge is 0.489 e.